The highest BCUT2D eigenvalue weighted by molar-refractivity contribution is 7.67. The lowest BCUT2D eigenvalue weighted by atomic mass is 10.1. The third-order valence-corrected chi connectivity index (χ3v) is 7.04. The molecule has 116 valence electrons. The van der Waals surface area contributed by atoms with Gasteiger partial charge in [-0.25, -0.2) is 0 Å². The number of nitrogens with zero attached hydrogens (tertiary/aromatic N) is 2. The van der Waals surface area contributed by atoms with Crippen molar-refractivity contribution in [2.75, 3.05) is 13.0 Å². The van der Waals surface area contributed by atoms with Gasteiger partial charge in [0.25, 0.3) is 0 Å². The normalized spacial score (nSPS) is 17.4. The first-order valence-electron chi connectivity index (χ1n) is 7.70. The van der Waals surface area contributed by atoms with Gasteiger partial charge < -0.3 is 9.80 Å². The van der Waals surface area contributed by atoms with Crippen molar-refractivity contribution >= 4 is 13.2 Å². The Kier molecular flexibility index (Phi) is 4.68. The Balaban J connectivity index is 2.10. The lowest BCUT2D eigenvalue weighted by Gasteiger charge is -2.37. The molecule has 2 nitrogen and oxygen atoms in total. The lowest BCUT2D eigenvalue weighted by molar-refractivity contribution is 0.171. The molecule has 1 aliphatic heterocycles. The maximum Gasteiger partial charge on any atom is 0.0902 e. The number of hydrogen-bond donors (Lipinski definition) is 0. The van der Waals surface area contributed by atoms with E-state index in [0.717, 1.165) is 13.0 Å². The SMILES string of the molecule is CC(C)(C)N1C=CN(CP(c2ccccc2)C(C)(C)C)C1. The second-order valence-corrected chi connectivity index (χ2v) is 10.7. The van der Waals surface area contributed by atoms with Crippen LogP contribution in [0.5, 0.6) is 0 Å². The third-order valence-electron chi connectivity index (χ3n) is 3.85. The zero-order valence-electron chi connectivity index (χ0n) is 14.3. The summed E-state index contributed by atoms with van der Waals surface area (Å²) in [6.07, 6.45) is 5.63. The van der Waals surface area contributed by atoms with Gasteiger partial charge in [-0.05, 0) is 39.2 Å². The molecule has 1 aromatic rings. The van der Waals surface area contributed by atoms with E-state index in [1.807, 2.05) is 0 Å². The van der Waals surface area contributed by atoms with Crippen LogP contribution in [0.15, 0.2) is 42.7 Å². The Bertz CT molecular complexity index is 482. The number of rotatable bonds is 3. The zero-order valence-corrected chi connectivity index (χ0v) is 15.2. The first-order chi connectivity index (χ1) is 9.68. The fourth-order valence-corrected chi connectivity index (χ4v) is 4.90. The molecule has 1 atom stereocenters. The highest BCUT2D eigenvalue weighted by atomic mass is 31.1. The maximum atomic E-state index is 2.47. The molecule has 1 heterocycles. The minimum absolute atomic E-state index is 0.197. The van der Waals surface area contributed by atoms with Crippen LogP contribution in [-0.4, -0.2) is 33.4 Å². The van der Waals surface area contributed by atoms with Crippen LogP contribution in [0.25, 0.3) is 0 Å². The van der Waals surface area contributed by atoms with Gasteiger partial charge in [-0.2, -0.15) is 0 Å². The first kappa shape index (κ1) is 16.4. The Morgan fingerprint density at radius 1 is 0.952 bits per heavy atom. The summed E-state index contributed by atoms with van der Waals surface area (Å²) in [5.41, 5.74) is 0.197. The zero-order chi connectivity index (χ0) is 15.7. The van der Waals surface area contributed by atoms with Gasteiger partial charge in [-0.15, -0.1) is 0 Å². The third kappa shape index (κ3) is 4.23. The molecule has 0 saturated carbocycles. The van der Waals surface area contributed by atoms with Crippen molar-refractivity contribution in [3.05, 3.63) is 42.7 Å². The minimum atomic E-state index is -0.215. The van der Waals surface area contributed by atoms with Crippen molar-refractivity contribution < 1.29 is 0 Å². The topological polar surface area (TPSA) is 6.48 Å². The van der Waals surface area contributed by atoms with Crippen LogP contribution < -0.4 is 5.30 Å². The summed E-state index contributed by atoms with van der Waals surface area (Å²) in [6.45, 7) is 14.9. The van der Waals surface area contributed by atoms with Gasteiger partial charge in [0.2, 0.25) is 0 Å². The molecule has 1 aromatic carbocycles. The van der Waals surface area contributed by atoms with E-state index >= 15 is 0 Å². The van der Waals surface area contributed by atoms with Crippen molar-refractivity contribution in [1.82, 2.24) is 9.80 Å². The van der Waals surface area contributed by atoms with Gasteiger partial charge in [0, 0.05) is 24.2 Å². The van der Waals surface area contributed by atoms with E-state index in [1.54, 1.807) is 0 Å². The van der Waals surface area contributed by atoms with Gasteiger partial charge in [0.1, 0.15) is 0 Å². The summed E-state index contributed by atoms with van der Waals surface area (Å²) < 4.78 is 0. The predicted molar refractivity (Wildman–Crippen MR) is 95.1 cm³/mol. The molecule has 0 aromatic heterocycles. The van der Waals surface area contributed by atoms with Crippen LogP contribution in [0.2, 0.25) is 0 Å². The van der Waals surface area contributed by atoms with Crippen molar-refractivity contribution in [2.24, 2.45) is 0 Å². The average Bonchev–Trinajstić information content (AvgIpc) is 2.84. The van der Waals surface area contributed by atoms with E-state index in [-0.39, 0.29) is 13.5 Å². The van der Waals surface area contributed by atoms with E-state index in [1.165, 1.54) is 5.30 Å². The molecule has 2 rings (SSSR count). The van der Waals surface area contributed by atoms with Crippen LogP contribution >= 0.6 is 7.92 Å². The van der Waals surface area contributed by atoms with Gasteiger partial charge in [-0.1, -0.05) is 51.1 Å². The van der Waals surface area contributed by atoms with Crippen molar-refractivity contribution in [3.63, 3.8) is 0 Å². The van der Waals surface area contributed by atoms with Crippen LogP contribution in [-0.2, 0) is 0 Å². The standard InChI is InChI=1S/C18H29N2P/c1-17(2,3)20-13-12-19(14-20)15-21(18(4,5)6)16-10-8-7-9-11-16/h7-13H,14-15H2,1-6H3. The molecule has 0 amide bonds. The Morgan fingerprint density at radius 2 is 1.57 bits per heavy atom. The largest absolute Gasteiger partial charge is 0.354 e. The predicted octanol–water partition coefficient (Wildman–Crippen LogP) is 4.39. The molecule has 21 heavy (non-hydrogen) atoms. The maximum absolute atomic E-state index is 2.47. The van der Waals surface area contributed by atoms with Gasteiger partial charge in [0.15, 0.2) is 0 Å². The molecule has 0 aliphatic carbocycles. The molecule has 0 N–H and O–H groups in total. The van der Waals surface area contributed by atoms with Crippen LogP contribution in [0.1, 0.15) is 41.5 Å². The first-order valence-corrected chi connectivity index (χ1v) is 9.22. The monoisotopic (exact) mass is 304 g/mol. The molecular formula is C18H29N2P. The van der Waals surface area contributed by atoms with Gasteiger partial charge in [0.05, 0.1) is 6.67 Å². The minimum Gasteiger partial charge on any atom is -0.354 e. The fourth-order valence-electron chi connectivity index (χ4n) is 2.46. The summed E-state index contributed by atoms with van der Waals surface area (Å²) >= 11 is 0. The van der Waals surface area contributed by atoms with Gasteiger partial charge in [-0.3, -0.25) is 0 Å². The second kappa shape index (κ2) is 6.01. The van der Waals surface area contributed by atoms with Crippen LogP contribution in [0.4, 0.5) is 0 Å². The summed E-state index contributed by atoms with van der Waals surface area (Å²) in [5, 5.41) is 1.82. The Hall–Kier alpha value is -1.01. The molecule has 0 spiro atoms. The molecule has 3 heteroatoms. The van der Waals surface area contributed by atoms with E-state index < -0.39 is 0 Å². The Morgan fingerprint density at radius 3 is 2.05 bits per heavy atom. The van der Waals surface area contributed by atoms with Crippen molar-refractivity contribution in [2.45, 2.75) is 52.2 Å². The highest BCUT2D eigenvalue weighted by Crippen LogP contribution is 2.49. The average molecular weight is 304 g/mol. The molecule has 0 fully saturated rings. The summed E-state index contributed by atoms with van der Waals surface area (Å²) in [5.74, 6) is 0. The fraction of sp³-hybridized carbons (Fsp3) is 0.556. The van der Waals surface area contributed by atoms with Crippen LogP contribution in [0, 0.1) is 0 Å². The lowest BCUT2D eigenvalue weighted by Crippen LogP contribution is -2.40. The molecule has 1 unspecified atom stereocenters. The van der Waals surface area contributed by atoms with E-state index in [4.69, 9.17) is 0 Å². The smallest absolute Gasteiger partial charge is 0.0902 e. The highest BCUT2D eigenvalue weighted by Gasteiger charge is 2.30. The van der Waals surface area contributed by atoms with E-state index in [2.05, 4.69) is 94.1 Å². The second-order valence-electron chi connectivity index (χ2n) is 7.74. The van der Waals surface area contributed by atoms with Crippen molar-refractivity contribution in [3.8, 4) is 0 Å². The molecule has 0 radical (unpaired) electrons. The van der Waals surface area contributed by atoms with Gasteiger partial charge >= 0.3 is 0 Å². The van der Waals surface area contributed by atoms with Crippen LogP contribution in [0.3, 0.4) is 0 Å². The van der Waals surface area contributed by atoms with Crippen molar-refractivity contribution in [1.29, 1.82) is 0 Å². The molecule has 0 bridgehead atoms. The Labute approximate surface area is 131 Å². The molecular weight excluding hydrogens is 275 g/mol. The summed E-state index contributed by atoms with van der Waals surface area (Å²) in [7, 11) is -0.215. The number of hydrogen-bond acceptors (Lipinski definition) is 2. The molecule has 1 aliphatic rings. The number of benzene rings is 1. The summed E-state index contributed by atoms with van der Waals surface area (Å²) in [6, 6.07) is 11.0. The van der Waals surface area contributed by atoms with E-state index in [0.29, 0.717) is 5.16 Å². The van der Waals surface area contributed by atoms with E-state index in [9.17, 15) is 0 Å². The molecule has 0 saturated heterocycles. The quantitative estimate of drug-likeness (QED) is 0.764. The summed E-state index contributed by atoms with van der Waals surface area (Å²) in [4.78, 5) is 4.88.